The fourth-order valence-electron chi connectivity index (χ4n) is 1.41. The van der Waals surface area contributed by atoms with Crippen molar-refractivity contribution in [1.82, 2.24) is 10.2 Å². The first-order valence-electron chi connectivity index (χ1n) is 4.84. The van der Waals surface area contributed by atoms with Crippen LogP contribution in [0.3, 0.4) is 0 Å². The van der Waals surface area contributed by atoms with Crippen molar-refractivity contribution in [2.24, 2.45) is 0 Å². The summed E-state index contributed by atoms with van der Waals surface area (Å²) >= 11 is 0. The van der Waals surface area contributed by atoms with Crippen molar-refractivity contribution < 1.29 is 4.79 Å². The summed E-state index contributed by atoms with van der Waals surface area (Å²) in [6.07, 6.45) is 6.06. The molecule has 0 aromatic rings. The van der Waals surface area contributed by atoms with Crippen molar-refractivity contribution >= 4 is 6.41 Å². The first-order valence-corrected chi connectivity index (χ1v) is 4.84. The van der Waals surface area contributed by atoms with Crippen molar-refractivity contribution in [3.05, 3.63) is 0 Å². The largest absolute Gasteiger partial charge is 0.341 e. The molecule has 0 spiro atoms. The minimum atomic E-state index is 0.573. The molecule has 0 bridgehead atoms. The van der Waals surface area contributed by atoms with E-state index >= 15 is 0 Å². The summed E-state index contributed by atoms with van der Waals surface area (Å²) in [5.74, 6) is 0. The van der Waals surface area contributed by atoms with Gasteiger partial charge in [-0.05, 0) is 25.7 Å². The number of nitrogens with zero attached hydrogens (tertiary/aromatic N) is 1. The van der Waals surface area contributed by atoms with Crippen LogP contribution in [0.2, 0.25) is 0 Å². The van der Waals surface area contributed by atoms with Crippen LogP contribution in [0.4, 0.5) is 0 Å². The predicted molar refractivity (Wildman–Crippen MR) is 46.8 cm³/mol. The maximum Gasteiger partial charge on any atom is 0.209 e. The summed E-state index contributed by atoms with van der Waals surface area (Å²) in [6, 6.07) is 1.33. The van der Waals surface area contributed by atoms with Gasteiger partial charge in [-0.25, -0.2) is 0 Å². The van der Waals surface area contributed by atoms with E-state index in [-0.39, 0.29) is 0 Å². The zero-order valence-electron chi connectivity index (χ0n) is 7.33. The van der Waals surface area contributed by atoms with Crippen molar-refractivity contribution in [2.45, 2.75) is 37.8 Å². The van der Waals surface area contributed by atoms with E-state index in [0.717, 1.165) is 25.5 Å². The Balaban J connectivity index is 1.58. The number of amides is 1. The summed E-state index contributed by atoms with van der Waals surface area (Å²) < 4.78 is 0. The fraction of sp³-hybridized carbons (Fsp3) is 0.889. The standard InChI is InChI=1S/C9H16N2O/c12-7-11(9-3-4-9)6-5-10-8-1-2-8/h7-10H,1-6H2. The van der Waals surface area contributed by atoms with Gasteiger partial charge in [0.1, 0.15) is 0 Å². The second-order valence-corrected chi connectivity index (χ2v) is 3.80. The number of carbonyl (C=O) groups is 1. The average molecular weight is 168 g/mol. The molecule has 68 valence electrons. The van der Waals surface area contributed by atoms with Gasteiger partial charge in [-0.1, -0.05) is 0 Å². The number of nitrogens with one attached hydrogen (secondary N) is 1. The monoisotopic (exact) mass is 168 g/mol. The van der Waals surface area contributed by atoms with Crippen LogP contribution in [-0.2, 0) is 4.79 Å². The third kappa shape index (κ3) is 2.21. The number of hydrogen-bond donors (Lipinski definition) is 1. The molecular formula is C9H16N2O. The van der Waals surface area contributed by atoms with Gasteiger partial charge in [0, 0.05) is 25.2 Å². The molecule has 0 saturated heterocycles. The number of carbonyl (C=O) groups excluding carboxylic acids is 1. The van der Waals surface area contributed by atoms with Gasteiger partial charge < -0.3 is 10.2 Å². The molecule has 0 aliphatic heterocycles. The zero-order valence-corrected chi connectivity index (χ0v) is 7.33. The maximum atomic E-state index is 10.6. The van der Waals surface area contributed by atoms with E-state index in [9.17, 15) is 4.79 Å². The third-order valence-electron chi connectivity index (χ3n) is 2.53. The molecule has 12 heavy (non-hydrogen) atoms. The highest BCUT2D eigenvalue weighted by Crippen LogP contribution is 2.25. The van der Waals surface area contributed by atoms with Crippen molar-refractivity contribution in [2.75, 3.05) is 13.1 Å². The van der Waals surface area contributed by atoms with Crippen molar-refractivity contribution in [3.63, 3.8) is 0 Å². The molecule has 2 saturated carbocycles. The highest BCUT2D eigenvalue weighted by atomic mass is 16.1. The van der Waals surface area contributed by atoms with Crippen molar-refractivity contribution in [3.8, 4) is 0 Å². The SMILES string of the molecule is O=CN(CCNC1CC1)C1CC1. The van der Waals surface area contributed by atoms with Gasteiger partial charge in [0.2, 0.25) is 6.41 Å². The van der Waals surface area contributed by atoms with E-state index in [1.807, 2.05) is 4.90 Å². The zero-order chi connectivity index (χ0) is 8.39. The van der Waals surface area contributed by atoms with E-state index in [0.29, 0.717) is 6.04 Å². The molecule has 3 heteroatoms. The topological polar surface area (TPSA) is 32.3 Å². The molecule has 0 atom stereocenters. The molecule has 2 rings (SSSR count). The Morgan fingerprint density at radius 1 is 1.33 bits per heavy atom. The summed E-state index contributed by atoms with van der Waals surface area (Å²) in [6.45, 7) is 1.87. The van der Waals surface area contributed by atoms with E-state index in [2.05, 4.69) is 5.32 Å². The van der Waals surface area contributed by atoms with Gasteiger partial charge in [0.15, 0.2) is 0 Å². The molecule has 1 amide bonds. The van der Waals surface area contributed by atoms with E-state index in [1.165, 1.54) is 25.7 Å². The lowest BCUT2D eigenvalue weighted by atomic mass is 10.5. The van der Waals surface area contributed by atoms with Crippen LogP contribution >= 0.6 is 0 Å². The van der Waals surface area contributed by atoms with Crippen LogP contribution in [-0.4, -0.2) is 36.5 Å². The van der Waals surface area contributed by atoms with Crippen LogP contribution in [0.25, 0.3) is 0 Å². The van der Waals surface area contributed by atoms with Gasteiger partial charge in [-0.3, -0.25) is 4.79 Å². The van der Waals surface area contributed by atoms with Crippen LogP contribution in [0.5, 0.6) is 0 Å². The maximum absolute atomic E-state index is 10.6. The Kier molecular flexibility index (Phi) is 2.30. The highest BCUT2D eigenvalue weighted by Gasteiger charge is 2.28. The average Bonchev–Trinajstić information content (AvgIpc) is 2.87. The van der Waals surface area contributed by atoms with Crippen molar-refractivity contribution in [1.29, 1.82) is 0 Å². The molecular weight excluding hydrogens is 152 g/mol. The quantitative estimate of drug-likeness (QED) is 0.581. The Hall–Kier alpha value is -0.570. The Labute approximate surface area is 73.1 Å². The highest BCUT2D eigenvalue weighted by molar-refractivity contribution is 5.48. The third-order valence-corrected chi connectivity index (χ3v) is 2.53. The lowest BCUT2D eigenvalue weighted by Crippen LogP contribution is -2.33. The summed E-state index contributed by atoms with van der Waals surface area (Å²) in [5.41, 5.74) is 0. The molecule has 2 aliphatic carbocycles. The Morgan fingerprint density at radius 3 is 2.58 bits per heavy atom. The van der Waals surface area contributed by atoms with Gasteiger partial charge >= 0.3 is 0 Å². The van der Waals surface area contributed by atoms with Crippen LogP contribution in [0, 0.1) is 0 Å². The minimum absolute atomic E-state index is 0.573. The lowest BCUT2D eigenvalue weighted by Gasteiger charge is -2.16. The smallest absolute Gasteiger partial charge is 0.209 e. The Morgan fingerprint density at radius 2 is 2.08 bits per heavy atom. The number of hydrogen-bond acceptors (Lipinski definition) is 2. The molecule has 1 N–H and O–H groups in total. The van der Waals surface area contributed by atoms with Crippen LogP contribution in [0.1, 0.15) is 25.7 Å². The molecule has 0 heterocycles. The number of rotatable bonds is 6. The Bertz CT molecular complexity index is 164. The molecule has 0 unspecified atom stereocenters. The summed E-state index contributed by atoms with van der Waals surface area (Å²) in [5, 5.41) is 3.40. The van der Waals surface area contributed by atoms with Gasteiger partial charge in [-0.15, -0.1) is 0 Å². The second kappa shape index (κ2) is 3.44. The van der Waals surface area contributed by atoms with Gasteiger partial charge in [0.25, 0.3) is 0 Å². The molecule has 0 aromatic carbocycles. The van der Waals surface area contributed by atoms with Gasteiger partial charge in [0.05, 0.1) is 0 Å². The first-order chi connectivity index (χ1) is 5.90. The molecule has 0 radical (unpaired) electrons. The normalized spacial score (nSPS) is 22.3. The van der Waals surface area contributed by atoms with Crippen LogP contribution < -0.4 is 5.32 Å². The van der Waals surface area contributed by atoms with Gasteiger partial charge in [-0.2, -0.15) is 0 Å². The predicted octanol–water partition coefficient (Wildman–Crippen LogP) is 0.359. The summed E-state index contributed by atoms with van der Waals surface area (Å²) in [4.78, 5) is 12.5. The first kappa shape index (κ1) is 8.05. The second-order valence-electron chi connectivity index (χ2n) is 3.80. The lowest BCUT2D eigenvalue weighted by molar-refractivity contribution is -0.118. The fourth-order valence-corrected chi connectivity index (χ4v) is 1.41. The molecule has 0 aromatic heterocycles. The van der Waals surface area contributed by atoms with E-state index < -0.39 is 0 Å². The molecule has 2 aliphatic rings. The minimum Gasteiger partial charge on any atom is -0.341 e. The van der Waals surface area contributed by atoms with E-state index in [1.54, 1.807) is 0 Å². The van der Waals surface area contributed by atoms with Crippen LogP contribution in [0.15, 0.2) is 0 Å². The molecule has 2 fully saturated rings. The van der Waals surface area contributed by atoms with E-state index in [4.69, 9.17) is 0 Å². The summed E-state index contributed by atoms with van der Waals surface area (Å²) in [7, 11) is 0. The molecule has 3 nitrogen and oxygen atoms in total.